The summed E-state index contributed by atoms with van der Waals surface area (Å²) in [4.78, 5) is 24.4. The van der Waals surface area contributed by atoms with Crippen LogP contribution >= 0.6 is 11.6 Å². The minimum atomic E-state index is -0.494. The molecule has 0 bridgehead atoms. The molecule has 0 spiro atoms. The van der Waals surface area contributed by atoms with Crippen molar-refractivity contribution < 1.29 is 24.2 Å². The zero-order valence-corrected chi connectivity index (χ0v) is 20.3. The van der Waals surface area contributed by atoms with Gasteiger partial charge in [-0.15, -0.1) is 0 Å². The van der Waals surface area contributed by atoms with Gasteiger partial charge in [-0.3, -0.25) is 9.59 Å². The lowest BCUT2D eigenvalue weighted by Gasteiger charge is -2.11. The minimum absolute atomic E-state index is 0.0663. The summed E-state index contributed by atoms with van der Waals surface area (Å²) in [6, 6.07) is 16.7. The second kappa shape index (κ2) is 11.9. The van der Waals surface area contributed by atoms with Crippen LogP contribution in [0.4, 0.5) is 5.69 Å². The molecule has 0 aromatic heterocycles. The second-order valence-corrected chi connectivity index (χ2v) is 8.29. The Hall–Kier alpha value is -4.04. The van der Waals surface area contributed by atoms with E-state index in [1.807, 2.05) is 24.3 Å². The molecule has 0 aliphatic heterocycles. The number of methoxy groups -OCH3 is 1. The molecule has 0 atom stereocenters. The number of ether oxygens (including phenoxy) is 2. The third-order valence-electron chi connectivity index (χ3n) is 5.02. The fourth-order valence-electron chi connectivity index (χ4n) is 3.06. The van der Waals surface area contributed by atoms with E-state index in [9.17, 15) is 14.7 Å². The predicted molar refractivity (Wildman–Crippen MR) is 136 cm³/mol. The molecule has 9 heteroatoms. The summed E-state index contributed by atoms with van der Waals surface area (Å²) >= 11 is 5.82. The Morgan fingerprint density at radius 1 is 1.09 bits per heavy atom. The normalized spacial score (nSPS) is 10.9. The monoisotopic (exact) mass is 495 g/mol. The third kappa shape index (κ3) is 7.22. The van der Waals surface area contributed by atoms with E-state index in [0.717, 1.165) is 0 Å². The van der Waals surface area contributed by atoms with Gasteiger partial charge in [0.05, 0.1) is 18.3 Å². The maximum Gasteiger partial charge on any atom is 0.271 e. The van der Waals surface area contributed by atoms with Gasteiger partial charge < -0.3 is 19.9 Å². The molecule has 0 heterocycles. The van der Waals surface area contributed by atoms with Crippen molar-refractivity contribution in [2.75, 3.05) is 19.0 Å². The van der Waals surface area contributed by atoms with Crippen LogP contribution in [0.2, 0.25) is 5.02 Å². The van der Waals surface area contributed by atoms with Gasteiger partial charge >= 0.3 is 0 Å². The molecule has 0 unspecified atom stereocenters. The van der Waals surface area contributed by atoms with Gasteiger partial charge in [0, 0.05) is 22.9 Å². The SMILES string of the molecule is COc1cc(OCC(=O)Nc2ccc(C(C)C)cc2)ccc1C=NNC(=O)c1ccc(O)c(Cl)c1. The van der Waals surface area contributed by atoms with Crippen molar-refractivity contribution in [2.24, 2.45) is 5.10 Å². The number of benzene rings is 3. The molecule has 3 N–H and O–H groups in total. The minimum Gasteiger partial charge on any atom is -0.506 e. The summed E-state index contributed by atoms with van der Waals surface area (Å²) in [6.45, 7) is 4.04. The fraction of sp³-hybridized carbons (Fsp3) is 0.192. The number of phenols is 1. The summed E-state index contributed by atoms with van der Waals surface area (Å²) in [6.07, 6.45) is 1.41. The zero-order valence-electron chi connectivity index (χ0n) is 19.5. The number of phenolic OH excluding ortho intramolecular Hbond substituents is 1. The van der Waals surface area contributed by atoms with Gasteiger partial charge in [-0.2, -0.15) is 5.10 Å². The number of hydrazone groups is 1. The van der Waals surface area contributed by atoms with Crippen LogP contribution in [-0.2, 0) is 4.79 Å². The molecule has 3 aromatic carbocycles. The number of anilines is 1. The summed E-state index contributed by atoms with van der Waals surface area (Å²) in [5.74, 6) is 0.401. The molecule has 0 aliphatic rings. The molecule has 3 aromatic rings. The van der Waals surface area contributed by atoms with Crippen LogP contribution in [0.25, 0.3) is 0 Å². The van der Waals surface area contributed by atoms with Crippen LogP contribution in [0, 0.1) is 0 Å². The van der Waals surface area contributed by atoms with Crippen LogP contribution in [0.5, 0.6) is 17.2 Å². The highest BCUT2D eigenvalue weighted by Gasteiger charge is 2.09. The Labute approximate surface area is 208 Å². The van der Waals surface area contributed by atoms with E-state index in [4.69, 9.17) is 21.1 Å². The number of rotatable bonds is 9. The van der Waals surface area contributed by atoms with Crippen LogP contribution in [-0.4, -0.2) is 36.9 Å². The lowest BCUT2D eigenvalue weighted by Crippen LogP contribution is -2.20. The first-order valence-corrected chi connectivity index (χ1v) is 11.2. The number of hydrogen-bond acceptors (Lipinski definition) is 6. The molecular formula is C26H26ClN3O5. The van der Waals surface area contributed by atoms with E-state index < -0.39 is 5.91 Å². The van der Waals surface area contributed by atoms with Gasteiger partial charge in [0.15, 0.2) is 6.61 Å². The lowest BCUT2D eigenvalue weighted by atomic mass is 10.0. The van der Waals surface area contributed by atoms with Gasteiger partial charge in [-0.25, -0.2) is 5.43 Å². The molecule has 182 valence electrons. The molecular weight excluding hydrogens is 470 g/mol. The average Bonchev–Trinajstić information content (AvgIpc) is 2.85. The number of nitrogens with one attached hydrogen (secondary N) is 2. The first-order chi connectivity index (χ1) is 16.8. The standard InChI is InChI=1S/C26H26ClN3O5/c1-16(2)17-4-8-20(9-5-17)29-25(32)15-35-21-10-6-19(24(13-21)34-3)14-28-30-26(33)18-7-11-23(31)22(27)12-18/h4-14,16,31H,15H2,1-3H3,(H,29,32)(H,30,33). The van der Waals surface area contributed by atoms with Crippen molar-refractivity contribution >= 4 is 35.3 Å². The van der Waals surface area contributed by atoms with E-state index >= 15 is 0 Å². The molecule has 8 nitrogen and oxygen atoms in total. The molecule has 0 saturated heterocycles. The van der Waals surface area contributed by atoms with Crippen LogP contribution in [0.1, 0.15) is 41.3 Å². The Bertz CT molecular complexity index is 1230. The maximum atomic E-state index is 12.2. The summed E-state index contributed by atoms with van der Waals surface area (Å²) < 4.78 is 10.9. The number of halogens is 1. The summed E-state index contributed by atoms with van der Waals surface area (Å²) in [5.41, 5.74) is 5.10. The van der Waals surface area contributed by atoms with Crippen LogP contribution in [0.3, 0.4) is 0 Å². The Morgan fingerprint density at radius 3 is 2.49 bits per heavy atom. The molecule has 0 saturated carbocycles. The highest BCUT2D eigenvalue weighted by atomic mass is 35.5. The number of aromatic hydroxyl groups is 1. The van der Waals surface area contributed by atoms with Gasteiger partial charge in [0.1, 0.15) is 17.2 Å². The number of carbonyl (C=O) groups is 2. The average molecular weight is 496 g/mol. The second-order valence-electron chi connectivity index (χ2n) is 7.88. The quantitative estimate of drug-likeness (QED) is 0.287. The zero-order chi connectivity index (χ0) is 25.4. The summed E-state index contributed by atoms with van der Waals surface area (Å²) in [7, 11) is 1.49. The summed E-state index contributed by atoms with van der Waals surface area (Å²) in [5, 5.41) is 16.2. The molecule has 0 aliphatic carbocycles. The Morgan fingerprint density at radius 2 is 1.83 bits per heavy atom. The van der Waals surface area contributed by atoms with Gasteiger partial charge in [0.25, 0.3) is 11.8 Å². The van der Waals surface area contributed by atoms with E-state index in [2.05, 4.69) is 29.7 Å². The number of hydrogen-bond donors (Lipinski definition) is 3. The van der Waals surface area contributed by atoms with Crippen molar-refractivity contribution in [3.8, 4) is 17.2 Å². The van der Waals surface area contributed by atoms with Crippen molar-refractivity contribution in [3.63, 3.8) is 0 Å². The van der Waals surface area contributed by atoms with Gasteiger partial charge in [0.2, 0.25) is 0 Å². The van der Waals surface area contributed by atoms with Crippen molar-refractivity contribution in [2.45, 2.75) is 19.8 Å². The van der Waals surface area contributed by atoms with Crippen LogP contribution < -0.4 is 20.2 Å². The van der Waals surface area contributed by atoms with Crippen LogP contribution in [0.15, 0.2) is 65.8 Å². The van der Waals surface area contributed by atoms with Gasteiger partial charge in [-0.05, 0) is 53.9 Å². The number of carbonyl (C=O) groups excluding carboxylic acids is 2. The van der Waals surface area contributed by atoms with E-state index in [1.165, 1.54) is 37.1 Å². The van der Waals surface area contributed by atoms with E-state index in [1.54, 1.807) is 18.2 Å². The third-order valence-corrected chi connectivity index (χ3v) is 5.32. The van der Waals surface area contributed by atoms with Crippen molar-refractivity contribution in [1.82, 2.24) is 5.43 Å². The number of amides is 2. The maximum absolute atomic E-state index is 12.2. The van der Waals surface area contributed by atoms with Gasteiger partial charge in [-0.1, -0.05) is 37.6 Å². The molecule has 0 fully saturated rings. The molecule has 0 radical (unpaired) electrons. The van der Waals surface area contributed by atoms with E-state index in [-0.39, 0.29) is 28.8 Å². The first-order valence-electron chi connectivity index (χ1n) is 10.8. The predicted octanol–water partition coefficient (Wildman–Crippen LogP) is 4.96. The molecule has 2 amide bonds. The topological polar surface area (TPSA) is 109 Å². The largest absolute Gasteiger partial charge is 0.506 e. The van der Waals surface area contributed by atoms with E-state index in [0.29, 0.717) is 28.7 Å². The number of nitrogens with zero attached hydrogens (tertiary/aromatic N) is 1. The highest BCUT2D eigenvalue weighted by Crippen LogP contribution is 2.25. The van der Waals surface area contributed by atoms with Crippen molar-refractivity contribution in [1.29, 1.82) is 0 Å². The molecule has 35 heavy (non-hydrogen) atoms. The Balaban J connectivity index is 1.55. The lowest BCUT2D eigenvalue weighted by molar-refractivity contribution is -0.118. The smallest absolute Gasteiger partial charge is 0.271 e. The first kappa shape index (κ1) is 25.6. The molecule has 3 rings (SSSR count). The highest BCUT2D eigenvalue weighted by molar-refractivity contribution is 6.32. The van der Waals surface area contributed by atoms with Crippen molar-refractivity contribution in [3.05, 3.63) is 82.4 Å². The Kier molecular flexibility index (Phi) is 8.69. The fourth-order valence-corrected chi connectivity index (χ4v) is 3.24.